The topological polar surface area (TPSA) is 29.5 Å². The number of hydrogen-bond donors (Lipinski definition) is 1. The van der Waals surface area contributed by atoms with Gasteiger partial charge in [-0.3, -0.25) is 0 Å². The molecule has 0 radical (unpaired) electrons. The number of rotatable bonds is 7. The summed E-state index contributed by atoms with van der Waals surface area (Å²) in [6.07, 6.45) is -2.40. The third kappa shape index (κ3) is 4.85. The van der Waals surface area contributed by atoms with Crippen LogP contribution in [0.25, 0.3) is 0 Å². The number of aliphatic hydroxyl groups excluding tert-OH is 1. The van der Waals surface area contributed by atoms with Crippen LogP contribution in [0.15, 0.2) is 24.3 Å². The van der Waals surface area contributed by atoms with Crippen molar-refractivity contribution < 1.29 is 27.4 Å². The molecule has 1 saturated carbocycles. The van der Waals surface area contributed by atoms with Crippen molar-refractivity contribution in [3.05, 3.63) is 29.8 Å². The maximum atomic E-state index is 13.4. The molecule has 1 aromatic rings. The van der Waals surface area contributed by atoms with Crippen LogP contribution in [0.2, 0.25) is 0 Å². The van der Waals surface area contributed by atoms with Crippen molar-refractivity contribution in [1.82, 2.24) is 0 Å². The number of halogens is 4. The zero-order valence-corrected chi connectivity index (χ0v) is 13.8. The summed E-state index contributed by atoms with van der Waals surface area (Å²) >= 11 is 0. The molecule has 0 saturated heterocycles. The predicted molar refractivity (Wildman–Crippen MR) is 83.9 cm³/mol. The van der Waals surface area contributed by atoms with Crippen LogP contribution in [-0.4, -0.2) is 30.2 Å². The number of ether oxygens (including phenoxy) is 1. The minimum Gasteiger partial charge on any atom is -0.494 e. The first-order chi connectivity index (χ1) is 11.2. The largest absolute Gasteiger partial charge is 0.494 e. The van der Waals surface area contributed by atoms with Gasteiger partial charge in [-0.15, -0.1) is 0 Å². The average Bonchev–Trinajstić information content (AvgIpc) is 3.00. The van der Waals surface area contributed by atoms with E-state index >= 15 is 0 Å². The summed E-state index contributed by atoms with van der Waals surface area (Å²) in [4.78, 5) is 0. The molecule has 0 amide bonds. The molecule has 0 heterocycles. The van der Waals surface area contributed by atoms with Gasteiger partial charge in [0.15, 0.2) is 0 Å². The maximum Gasteiger partial charge on any atom is 0.422 e. The van der Waals surface area contributed by atoms with E-state index in [4.69, 9.17) is 4.74 Å². The maximum absolute atomic E-state index is 13.4. The Morgan fingerprint density at radius 2 is 1.79 bits per heavy atom. The molecule has 1 aromatic carbocycles. The van der Waals surface area contributed by atoms with Gasteiger partial charge in [-0.25, -0.2) is 4.39 Å². The van der Waals surface area contributed by atoms with Crippen molar-refractivity contribution in [1.29, 1.82) is 0 Å². The fourth-order valence-corrected chi connectivity index (χ4v) is 3.12. The van der Waals surface area contributed by atoms with Gasteiger partial charge in [0.05, 0.1) is 6.61 Å². The van der Waals surface area contributed by atoms with Crippen LogP contribution in [0.1, 0.15) is 50.5 Å². The van der Waals surface area contributed by atoms with Gasteiger partial charge in [0, 0.05) is 6.61 Å². The Hall–Kier alpha value is -1.30. The van der Waals surface area contributed by atoms with Crippen LogP contribution in [0, 0.1) is 5.92 Å². The highest BCUT2D eigenvalue weighted by molar-refractivity contribution is 5.30. The first-order valence-corrected chi connectivity index (χ1v) is 8.32. The molecule has 1 aliphatic rings. The van der Waals surface area contributed by atoms with Crippen molar-refractivity contribution >= 4 is 0 Å². The Kier molecular flexibility index (Phi) is 6.12. The molecule has 136 valence electrons. The average molecular weight is 348 g/mol. The van der Waals surface area contributed by atoms with Crippen molar-refractivity contribution in [2.75, 3.05) is 13.2 Å². The summed E-state index contributed by atoms with van der Waals surface area (Å²) < 4.78 is 56.0. The van der Waals surface area contributed by atoms with E-state index in [0.29, 0.717) is 24.5 Å². The molecular weight excluding hydrogens is 324 g/mol. The molecule has 0 spiro atoms. The highest BCUT2D eigenvalue weighted by Crippen LogP contribution is 2.39. The first-order valence-electron chi connectivity index (χ1n) is 8.32. The Morgan fingerprint density at radius 3 is 2.33 bits per heavy atom. The zero-order valence-electron chi connectivity index (χ0n) is 13.8. The Labute approximate surface area is 139 Å². The molecular formula is C18H24F4O2. The normalized spacial score (nSPS) is 23.9. The second-order valence-electron chi connectivity index (χ2n) is 6.77. The molecule has 2 nitrogen and oxygen atoms in total. The quantitative estimate of drug-likeness (QED) is 0.554. The molecule has 6 heteroatoms. The van der Waals surface area contributed by atoms with Gasteiger partial charge < -0.3 is 9.84 Å². The minimum atomic E-state index is -4.84. The fourth-order valence-electron chi connectivity index (χ4n) is 3.12. The lowest BCUT2D eigenvalue weighted by molar-refractivity contribution is -0.226. The van der Waals surface area contributed by atoms with E-state index in [1.54, 1.807) is 12.1 Å². The lowest BCUT2D eigenvalue weighted by atomic mass is 9.96. The highest BCUT2D eigenvalue weighted by Gasteiger charge is 2.51. The van der Waals surface area contributed by atoms with E-state index in [0.717, 1.165) is 19.3 Å². The summed E-state index contributed by atoms with van der Waals surface area (Å²) in [5.41, 5.74) is -1.99. The number of aliphatic hydroxyl groups is 1. The molecule has 0 aromatic heterocycles. The van der Waals surface area contributed by atoms with Crippen LogP contribution in [0.4, 0.5) is 17.6 Å². The van der Waals surface area contributed by atoms with E-state index < -0.39 is 18.3 Å². The van der Waals surface area contributed by atoms with Crippen molar-refractivity contribution in [2.24, 2.45) is 5.92 Å². The van der Waals surface area contributed by atoms with Crippen molar-refractivity contribution in [2.45, 2.75) is 56.8 Å². The second-order valence-corrected chi connectivity index (χ2v) is 6.77. The van der Waals surface area contributed by atoms with Crippen LogP contribution in [0.3, 0.4) is 0 Å². The molecule has 1 N–H and O–H groups in total. The van der Waals surface area contributed by atoms with E-state index in [2.05, 4.69) is 0 Å². The number of benzene rings is 1. The van der Waals surface area contributed by atoms with Crippen molar-refractivity contribution in [3.63, 3.8) is 0 Å². The van der Waals surface area contributed by atoms with Gasteiger partial charge in [0.1, 0.15) is 5.75 Å². The Bertz CT molecular complexity index is 511. The molecule has 1 fully saturated rings. The van der Waals surface area contributed by atoms with Gasteiger partial charge >= 0.3 is 6.18 Å². The standard InChI is InChI=1S/C18H24F4O2/c1-17(19,18(20,21)22)9-2-10-24-16-7-5-14(6-8-16)15-4-3-13(11-15)12-23/h5-8,13,15,23H,2-4,9-12H2,1H3. The summed E-state index contributed by atoms with van der Waals surface area (Å²) in [5.74, 6) is 1.38. The molecule has 3 unspecified atom stereocenters. The van der Waals surface area contributed by atoms with Gasteiger partial charge in [0.2, 0.25) is 5.67 Å². The predicted octanol–water partition coefficient (Wildman–Crippen LogP) is 5.01. The lowest BCUT2D eigenvalue weighted by Crippen LogP contribution is -2.37. The van der Waals surface area contributed by atoms with Crippen LogP contribution in [0.5, 0.6) is 5.75 Å². The van der Waals surface area contributed by atoms with Crippen LogP contribution >= 0.6 is 0 Å². The number of alkyl halides is 4. The molecule has 1 aliphatic carbocycles. The smallest absolute Gasteiger partial charge is 0.422 e. The van der Waals surface area contributed by atoms with E-state index in [1.165, 1.54) is 5.56 Å². The monoisotopic (exact) mass is 348 g/mol. The molecule has 2 rings (SSSR count). The third-order valence-corrected chi connectivity index (χ3v) is 4.80. The lowest BCUT2D eigenvalue weighted by Gasteiger charge is -2.23. The summed E-state index contributed by atoms with van der Waals surface area (Å²) in [5, 5.41) is 9.19. The minimum absolute atomic E-state index is 0.00489. The van der Waals surface area contributed by atoms with E-state index in [1.807, 2.05) is 12.1 Å². The molecule has 24 heavy (non-hydrogen) atoms. The van der Waals surface area contributed by atoms with Crippen LogP contribution < -0.4 is 4.74 Å². The molecule has 3 atom stereocenters. The van der Waals surface area contributed by atoms with Gasteiger partial charge in [-0.2, -0.15) is 13.2 Å². The first kappa shape index (κ1) is 19.0. The van der Waals surface area contributed by atoms with Gasteiger partial charge in [-0.05, 0) is 68.6 Å². The van der Waals surface area contributed by atoms with Gasteiger partial charge in [0.25, 0.3) is 0 Å². The van der Waals surface area contributed by atoms with Gasteiger partial charge in [-0.1, -0.05) is 12.1 Å². The summed E-state index contributed by atoms with van der Waals surface area (Å²) in [6, 6.07) is 7.49. The van der Waals surface area contributed by atoms with E-state index in [-0.39, 0.29) is 19.6 Å². The highest BCUT2D eigenvalue weighted by atomic mass is 19.4. The SMILES string of the molecule is CC(F)(CCCOc1ccc(C2CCC(CO)C2)cc1)C(F)(F)F. The van der Waals surface area contributed by atoms with Crippen LogP contribution in [-0.2, 0) is 0 Å². The van der Waals surface area contributed by atoms with Crippen molar-refractivity contribution in [3.8, 4) is 5.75 Å². The Balaban J connectivity index is 1.77. The number of hydrogen-bond acceptors (Lipinski definition) is 2. The second kappa shape index (κ2) is 7.72. The fraction of sp³-hybridized carbons (Fsp3) is 0.667. The molecule has 0 bridgehead atoms. The summed E-state index contributed by atoms with van der Waals surface area (Å²) in [7, 11) is 0. The van der Waals surface area contributed by atoms with E-state index in [9.17, 15) is 22.7 Å². The Morgan fingerprint density at radius 1 is 1.12 bits per heavy atom. The summed E-state index contributed by atoms with van der Waals surface area (Å²) in [6.45, 7) is 0.830. The molecule has 0 aliphatic heterocycles. The third-order valence-electron chi connectivity index (χ3n) is 4.80. The zero-order chi connectivity index (χ0) is 17.8.